The van der Waals surface area contributed by atoms with Crippen molar-refractivity contribution < 1.29 is 22.6 Å². The number of nitrogens with two attached hydrogens (primary N) is 1. The van der Waals surface area contributed by atoms with Gasteiger partial charge in [0.1, 0.15) is 11.6 Å². The summed E-state index contributed by atoms with van der Waals surface area (Å²) in [5.41, 5.74) is 7.68. The summed E-state index contributed by atoms with van der Waals surface area (Å²) in [6.07, 6.45) is 3.07. The summed E-state index contributed by atoms with van der Waals surface area (Å²) in [6.45, 7) is 2.91. The maximum Gasteiger partial charge on any atom is 0.249 e. The fourth-order valence-corrected chi connectivity index (χ4v) is 5.82. The fourth-order valence-electron chi connectivity index (χ4n) is 5.82. The van der Waals surface area contributed by atoms with Crippen molar-refractivity contribution in [2.45, 2.75) is 18.8 Å². The van der Waals surface area contributed by atoms with Crippen LogP contribution in [-0.4, -0.2) is 63.6 Å². The predicted molar refractivity (Wildman–Crippen MR) is 150 cm³/mol. The largest absolute Gasteiger partial charge is 0.491 e. The number of hydrogen-bond donors (Lipinski definition) is 2. The zero-order valence-electron chi connectivity index (χ0n) is 22.9. The summed E-state index contributed by atoms with van der Waals surface area (Å²) < 4.78 is 54.4. The number of benzene rings is 1. The minimum Gasteiger partial charge on any atom is -0.491 e. The van der Waals surface area contributed by atoms with Crippen LogP contribution >= 0.6 is 0 Å². The van der Waals surface area contributed by atoms with Gasteiger partial charge in [-0.05, 0) is 35.9 Å². The molecule has 0 atom stereocenters. The van der Waals surface area contributed by atoms with E-state index in [2.05, 4.69) is 25.4 Å². The van der Waals surface area contributed by atoms with Crippen LogP contribution in [0.15, 0.2) is 48.8 Å². The molecule has 3 aromatic heterocycles. The van der Waals surface area contributed by atoms with Gasteiger partial charge in [-0.2, -0.15) is 4.98 Å². The number of nitrogens with zero attached hydrogens (tertiary/aromatic N) is 6. The third kappa shape index (κ3) is 4.87. The average Bonchev–Trinajstić information content (AvgIpc) is 3.27. The van der Waals surface area contributed by atoms with Crippen LogP contribution in [0.5, 0.6) is 5.75 Å². The molecule has 5 heterocycles. The number of alkyl halides is 2. The van der Waals surface area contributed by atoms with Crippen LogP contribution in [0.3, 0.4) is 0 Å². The van der Waals surface area contributed by atoms with E-state index in [1.165, 1.54) is 6.20 Å². The van der Waals surface area contributed by atoms with Crippen molar-refractivity contribution in [2.75, 3.05) is 48.9 Å². The number of rotatable bonds is 8. The van der Waals surface area contributed by atoms with E-state index in [0.29, 0.717) is 67.2 Å². The highest BCUT2D eigenvalue weighted by Gasteiger charge is 2.61. The van der Waals surface area contributed by atoms with Crippen molar-refractivity contribution in [1.29, 1.82) is 0 Å². The molecule has 3 fully saturated rings. The maximum atomic E-state index is 14.7. The number of hydrogen-bond acceptors (Lipinski definition) is 9. The molecule has 3 aliphatic rings. The van der Waals surface area contributed by atoms with Gasteiger partial charge in [-0.25, -0.2) is 27.8 Å². The van der Waals surface area contributed by atoms with Gasteiger partial charge in [-0.15, -0.1) is 5.10 Å². The second-order valence-electron chi connectivity index (χ2n) is 11.5. The van der Waals surface area contributed by atoms with E-state index in [0.717, 1.165) is 11.4 Å². The summed E-state index contributed by atoms with van der Waals surface area (Å²) in [5.74, 6) is -0.801. The monoisotopic (exact) mass is 578 g/mol. The number of halogens is 3. The molecule has 1 aliphatic carbocycles. The van der Waals surface area contributed by atoms with E-state index in [1.807, 2.05) is 17.0 Å². The van der Waals surface area contributed by atoms with E-state index >= 15 is 0 Å². The van der Waals surface area contributed by atoms with Crippen LogP contribution < -0.4 is 20.7 Å². The van der Waals surface area contributed by atoms with Crippen LogP contribution in [0.4, 0.5) is 36.4 Å². The molecule has 4 aromatic rings. The Bertz CT molecular complexity index is 1620. The molecule has 1 aromatic carbocycles. The Balaban J connectivity index is 1.09. The standard InChI is InChI=1S/C29H29F3N8O2/c1-39-27(37-26(38-39)19-3-5-23(35-9-19)40-15-28(16-40)13-29(31,32)14-28)36-21-4-2-18(20-6-7-34-25(33)24(20)30)8-22(21)42-12-17-10-41-11-17/h2-9,17H,10-16H2,1H3,(H2,33,34)(H,36,37,38). The molecule has 2 saturated heterocycles. The molecule has 0 amide bonds. The Labute approximate surface area is 239 Å². The van der Waals surface area contributed by atoms with Crippen molar-refractivity contribution >= 4 is 23.3 Å². The van der Waals surface area contributed by atoms with E-state index < -0.39 is 11.7 Å². The number of aryl methyl sites for hydroxylation is 1. The first-order valence-corrected chi connectivity index (χ1v) is 13.7. The van der Waals surface area contributed by atoms with Gasteiger partial charge in [0.25, 0.3) is 0 Å². The molecule has 218 valence electrons. The molecule has 1 saturated carbocycles. The summed E-state index contributed by atoms with van der Waals surface area (Å²) >= 11 is 0. The minimum absolute atomic E-state index is 0.0397. The molecule has 1 spiro atoms. The fraction of sp³-hybridized carbons (Fsp3) is 0.379. The third-order valence-corrected chi connectivity index (χ3v) is 8.05. The molecule has 10 nitrogen and oxygen atoms in total. The summed E-state index contributed by atoms with van der Waals surface area (Å²) in [5, 5.41) is 7.82. The van der Waals surface area contributed by atoms with E-state index in [1.54, 1.807) is 42.2 Å². The van der Waals surface area contributed by atoms with Gasteiger partial charge >= 0.3 is 0 Å². The molecule has 0 radical (unpaired) electrons. The van der Waals surface area contributed by atoms with Gasteiger partial charge in [0.2, 0.25) is 11.9 Å². The van der Waals surface area contributed by atoms with E-state index in [4.69, 9.17) is 15.2 Å². The summed E-state index contributed by atoms with van der Waals surface area (Å²) in [4.78, 5) is 15.0. The molecule has 7 rings (SSSR count). The lowest BCUT2D eigenvalue weighted by atomic mass is 9.61. The van der Waals surface area contributed by atoms with Crippen molar-refractivity contribution in [1.82, 2.24) is 24.7 Å². The highest BCUT2D eigenvalue weighted by Crippen LogP contribution is 2.57. The highest BCUT2D eigenvalue weighted by atomic mass is 19.3. The van der Waals surface area contributed by atoms with Gasteiger partial charge in [0.15, 0.2) is 17.5 Å². The van der Waals surface area contributed by atoms with Crippen molar-refractivity contribution in [3.63, 3.8) is 0 Å². The lowest BCUT2D eigenvalue weighted by molar-refractivity contribution is -0.170. The zero-order chi connectivity index (χ0) is 29.1. The quantitative estimate of drug-likeness (QED) is 0.308. The SMILES string of the molecule is Cn1nc(-c2ccc(N3CC4(C3)CC(F)(F)C4)nc2)nc1Nc1ccc(-c2ccnc(N)c2F)cc1OCC1COC1. The Hall–Kier alpha value is -4.39. The number of nitrogens with one attached hydrogen (secondary N) is 1. The van der Waals surface area contributed by atoms with Crippen LogP contribution in [0.1, 0.15) is 12.8 Å². The number of pyridine rings is 2. The number of nitrogen functional groups attached to an aromatic ring is 1. The van der Waals surface area contributed by atoms with Gasteiger partial charge in [-0.3, -0.25) is 0 Å². The van der Waals surface area contributed by atoms with Gasteiger partial charge in [0, 0.05) is 67.8 Å². The Kier molecular flexibility index (Phi) is 6.22. The van der Waals surface area contributed by atoms with Gasteiger partial charge < -0.3 is 25.4 Å². The average molecular weight is 579 g/mol. The number of ether oxygens (including phenoxy) is 2. The van der Waals surface area contributed by atoms with Crippen molar-refractivity contribution in [3.05, 3.63) is 54.6 Å². The lowest BCUT2D eigenvalue weighted by Gasteiger charge is -2.59. The van der Waals surface area contributed by atoms with Crippen LogP contribution in [0, 0.1) is 17.2 Å². The summed E-state index contributed by atoms with van der Waals surface area (Å²) in [6, 6.07) is 10.6. The number of aromatic nitrogens is 5. The molecule has 0 bridgehead atoms. The predicted octanol–water partition coefficient (Wildman–Crippen LogP) is 4.66. The lowest BCUT2D eigenvalue weighted by Crippen LogP contribution is -2.66. The van der Waals surface area contributed by atoms with Crippen molar-refractivity contribution in [3.8, 4) is 28.3 Å². The molecule has 42 heavy (non-hydrogen) atoms. The Morgan fingerprint density at radius 2 is 1.88 bits per heavy atom. The summed E-state index contributed by atoms with van der Waals surface area (Å²) in [7, 11) is 1.77. The van der Waals surface area contributed by atoms with E-state index in [-0.39, 0.29) is 30.0 Å². The number of anilines is 4. The molecule has 3 N–H and O–H groups in total. The first-order valence-electron chi connectivity index (χ1n) is 13.7. The first-order chi connectivity index (χ1) is 20.2. The van der Waals surface area contributed by atoms with E-state index in [9.17, 15) is 13.2 Å². The maximum absolute atomic E-state index is 14.7. The van der Waals surface area contributed by atoms with Crippen molar-refractivity contribution in [2.24, 2.45) is 18.4 Å². The topological polar surface area (TPSA) is 116 Å². The first kappa shape index (κ1) is 26.5. The van der Waals surface area contributed by atoms with Gasteiger partial charge in [-0.1, -0.05) is 6.07 Å². The second kappa shape index (κ2) is 9.86. The highest BCUT2D eigenvalue weighted by molar-refractivity contribution is 5.74. The molecular formula is C29H29F3N8O2. The third-order valence-electron chi connectivity index (χ3n) is 8.05. The molecule has 0 unspecified atom stereocenters. The second-order valence-corrected chi connectivity index (χ2v) is 11.5. The minimum atomic E-state index is -2.52. The van der Waals surface area contributed by atoms with Crippen LogP contribution in [0.25, 0.3) is 22.5 Å². The Morgan fingerprint density at radius 3 is 2.57 bits per heavy atom. The Morgan fingerprint density at radius 1 is 1.10 bits per heavy atom. The molecular weight excluding hydrogens is 549 g/mol. The van der Waals surface area contributed by atoms with Crippen LogP contribution in [0.2, 0.25) is 0 Å². The molecule has 13 heteroatoms. The van der Waals surface area contributed by atoms with Gasteiger partial charge in [0.05, 0.1) is 25.5 Å². The zero-order valence-corrected chi connectivity index (χ0v) is 22.9. The normalized spacial score (nSPS) is 18.7. The molecule has 2 aliphatic heterocycles. The smallest absolute Gasteiger partial charge is 0.249 e. The van der Waals surface area contributed by atoms with Crippen LogP contribution in [-0.2, 0) is 11.8 Å².